The molecular weight excluding hydrogens is 188 g/mol. The first-order valence-corrected chi connectivity index (χ1v) is 6.34. The van der Waals surface area contributed by atoms with Gasteiger partial charge in [0.15, 0.2) is 0 Å². The van der Waals surface area contributed by atoms with Crippen LogP contribution < -0.4 is 5.32 Å². The van der Waals surface area contributed by atoms with Crippen molar-refractivity contribution < 1.29 is 4.79 Å². The summed E-state index contributed by atoms with van der Waals surface area (Å²) < 4.78 is 0. The number of nitrogens with one attached hydrogen (secondary N) is 1. The fourth-order valence-corrected chi connectivity index (χ4v) is 2.23. The summed E-state index contributed by atoms with van der Waals surface area (Å²) in [4.78, 5) is 13.7. The van der Waals surface area contributed by atoms with Crippen molar-refractivity contribution in [3.63, 3.8) is 0 Å². The zero-order valence-electron chi connectivity index (χ0n) is 10.1. The highest BCUT2D eigenvalue weighted by Crippen LogP contribution is 2.16. The summed E-state index contributed by atoms with van der Waals surface area (Å²) in [5.41, 5.74) is 0. The van der Waals surface area contributed by atoms with Crippen LogP contribution in [0.1, 0.15) is 52.4 Å². The van der Waals surface area contributed by atoms with Crippen molar-refractivity contribution in [2.45, 2.75) is 58.4 Å². The topological polar surface area (TPSA) is 32.3 Å². The lowest BCUT2D eigenvalue weighted by atomic mass is 10.0. The van der Waals surface area contributed by atoms with E-state index in [9.17, 15) is 4.79 Å². The molecule has 0 bridgehead atoms. The lowest BCUT2D eigenvalue weighted by Crippen LogP contribution is -2.51. The molecule has 1 aliphatic heterocycles. The summed E-state index contributed by atoms with van der Waals surface area (Å²) in [7, 11) is 0. The van der Waals surface area contributed by atoms with Gasteiger partial charge in [0, 0.05) is 19.1 Å². The number of hydrogen-bond donors (Lipinski definition) is 1. The molecule has 88 valence electrons. The number of nitrogens with zero attached hydrogens (tertiary/aromatic N) is 1. The van der Waals surface area contributed by atoms with Gasteiger partial charge in [-0.15, -0.1) is 0 Å². The highest BCUT2D eigenvalue weighted by molar-refractivity contribution is 5.75. The molecule has 0 aromatic carbocycles. The minimum Gasteiger partial charge on any atom is -0.338 e. The second kappa shape index (κ2) is 6.70. The van der Waals surface area contributed by atoms with Crippen LogP contribution in [0.25, 0.3) is 0 Å². The van der Waals surface area contributed by atoms with Crippen LogP contribution in [-0.4, -0.2) is 30.1 Å². The number of carbonyl (C=O) groups is 1. The molecule has 1 rings (SSSR count). The van der Waals surface area contributed by atoms with Gasteiger partial charge in [-0.3, -0.25) is 0 Å². The van der Waals surface area contributed by atoms with Crippen LogP contribution in [0, 0.1) is 0 Å². The van der Waals surface area contributed by atoms with Crippen LogP contribution in [0.5, 0.6) is 0 Å². The SMILES string of the molecule is CCCCC(CCC)N1CCCNC1=O. The Bertz CT molecular complexity index is 194. The van der Waals surface area contributed by atoms with Crippen LogP contribution >= 0.6 is 0 Å². The molecule has 1 aliphatic rings. The maximum Gasteiger partial charge on any atom is 0.317 e. The highest BCUT2D eigenvalue weighted by Gasteiger charge is 2.24. The van der Waals surface area contributed by atoms with E-state index in [0.717, 1.165) is 38.8 Å². The molecule has 1 heterocycles. The van der Waals surface area contributed by atoms with E-state index in [-0.39, 0.29) is 6.03 Å². The average molecular weight is 212 g/mol. The molecule has 3 heteroatoms. The van der Waals surface area contributed by atoms with Crippen LogP contribution in [0.3, 0.4) is 0 Å². The van der Waals surface area contributed by atoms with Gasteiger partial charge in [0.2, 0.25) is 0 Å². The van der Waals surface area contributed by atoms with Crippen molar-refractivity contribution in [2.24, 2.45) is 0 Å². The van der Waals surface area contributed by atoms with E-state index in [1.165, 1.54) is 12.8 Å². The number of carbonyl (C=O) groups excluding carboxylic acids is 1. The molecule has 3 nitrogen and oxygen atoms in total. The van der Waals surface area contributed by atoms with Gasteiger partial charge in [0.1, 0.15) is 0 Å². The molecule has 0 aromatic rings. The summed E-state index contributed by atoms with van der Waals surface area (Å²) in [6, 6.07) is 0.617. The predicted molar refractivity (Wildman–Crippen MR) is 62.9 cm³/mol. The summed E-state index contributed by atoms with van der Waals surface area (Å²) in [6.45, 7) is 6.20. The lowest BCUT2D eigenvalue weighted by molar-refractivity contribution is 0.151. The zero-order valence-corrected chi connectivity index (χ0v) is 10.1. The number of urea groups is 1. The second-order valence-corrected chi connectivity index (χ2v) is 4.36. The Morgan fingerprint density at radius 2 is 2.13 bits per heavy atom. The Labute approximate surface area is 93.2 Å². The van der Waals surface area contributed by atoms with E-state index in [0.29, 0.717) is 6.04 Å². The first-order chi connectivity index (χ1) is 7.29. The van der Waals surface area contributed by atoms with Crippen LogP contribution in [0.2, 0.25) is 0 Å². The summed E-state index contributed by atoms with van der Waals surface area (Å²) in [5, 5.41) is 2.93. The first-order valence-electron chi connectivity index (χ1n) is 6.34. The molecule has 0 saturated carbocycles. The number of unbranched alkanes of at least 4 members (excludes halogenated alkanes) is 1. The number of amides is 2. The zero-order chi connectivity index (χ0) is 11.1. The smallest absolute Gasteiger partial charge is 0.317 e. The first kappa shape index (κ1) is 12.3. The molecule has 2 amide bonds. The highest BCUT2D eigenvalue weighted by atomic mass is 16.2. The van der Waals surface area contributed by atoms with Gasteiger partial charge in [-0.2, -0.15) is 0 Å². The van der Waals surface area contributed by atoms with E-state index in [2.05, 4.69) is 19.2 Å². The van der Waals surface area contributed by atoms with Crippen molar-refractivity contribution in [2.75, 3.05) is 13.1 Å². The molecule has 1 atom stereocenters. The Balaban J connectivity index is 2.47. The van der Waals surface area contributed by atoms with Crippen molar-refractivity contribution >= 4 is 6.03 Å². The Morgan fingerprint density at radius 3 is 2.73 bits per heavy atom. The third-order valence-corrected chi connectivity index (χ3v) is 3.07. The average Bonchev–Trinajstić information content (AvgIpc) is 2.25. The van der Waals surface area contributed by atoms with E-state index in [1.807, 2.05) is 4.90 Å². The summed E-state index contributed by atoms with van der Waals surface area (Å²) in [6.07, 6.45) is 7.02. The lowest BCUT2D eigenvalue weighted by Gasteiger charge is -2.35. The molecule has 0 aliphatic carbocycles. The van der Waals surface area contributed by atoms with Crippen molar-refractivity contribution in [3.8, 4) is 0 Å². The fourth-order valence-electron chi connectivity index (χ4n) is 2.23. The molecule has 0 spiro atoms. The van der Waals surface area contributed by atoms with E-state index in [4.69, 9.17) is 0 Å². The minimum absolute atomic E-state index is 0.149. The van der Waals surface area contributed by atoms with Gasteiger partial charge < -0.3 is 10.2 Å². The van der Waals surface area contributed by atoms with Crippen molar-refractivity contribution in [3.05, 3.63) is 0 Å². The van der Waals surface area contributed by atoms with Gasteiger partial charge in [0.25, 0.3) is 0 Å². The Kier molecular flexibility index (Phi) is 5.51. The monoisotopic (exact) mass is 212 g/mol. The molecule has 0 radical (unpaired) electrons. The van der Waals surface area contributed by atoms with Gasteiger partial charge in [0.05, 0.1) is 0 Å². The van der Waals surface area contributed by atoms with Gasteiger partial charge in [-0.25, -0.2) is 4.79 Å². The second-order valence-electron chi connectivity index (χ2n) is 4.36. The number of hydrogen-bond acceptors (Lipinski definition) is 1. The quantitative estimate of drug-likeness (QED) is 0.721. The standard InChI is InChI=1S/C12H24N2O/c1-3-5-8-11(7-4-2)14-10-6-9-13-12(14)15/h11H,3-10H2,1-2H3,(H,13,15). The third kappa shape index (κ3) is 3.73. The van der Waals surface area contributed by atoms with Crippen LogP contribution in [-0.2, 0) is 0 Å². The van der Waals surface area contributed by atoms with Gasteiger partial charge in [-0.1, -0.05) is 33.1 Å². The largest absolute Gasteiger partial charge is 0.338 e. The van der Waals surface area contributed by atoms with E-state index in [1.54, 1.807) is 0 Å². The predicted octanol–water partition coefficient (Wildman–Crippen LogP) is 2.76. The number of rotatable bonds is 6. The van der Waals surface area contributed by atoms with Crippen molar-refractivity contribution in [1.82, 2.24) is 10.2 Å². The van der Waals surface area contributed by atoms with Crippen LogP contribution in [0.4, 0.5) is 4.79 Å². The summed E-state index contributed by atoms with van der Waals surface area (Å²) in [5.74, 6) is 0. The molecule has 1 N–H and O–H groups in total. The fraction of sp³-hybridized carbons (Fsp3) is 0.917. The summed E-state index contributed by atoms with van der Waals surface area (Å²) >= 11 is 0. The normalized spacial score (nSPS) is 18.8. The molecule has 15 heavy (non-hydrogen) atoms. The third-order valence-electron chi connectivity index (χ3n) is 3.07. The van der Waals surface area contributed by atoms with Crippen molar-refractivity contribution in [1.29, 1.82) is 0 Å². The Morgan fingerprint density at radius 1 is 1.33 bits per heavy atom. The Hall–Kier alpha value is -0.730. The maximum atomic E-state index is 11.7. The molecule has 0 aromatic heterocycles. The molecule has 1 fully saturated rings. The minimum atomic E-state index is 0.149. The van der Waals surface area contributed by atoms with Gasteiger partial charge in [-0.05, 0) is 19.3 Å². The molecular formula is C12H24N2O. The van der Waals surface area contributed by atoms with Gasteiger partial charge >= 0.3 is 6.03 Å². The molecule has 1 saturated heterocycles. The molecule has 1 unspecified atom stereocenters. The van der Waals surface area contributed by atoms with E-state index >= 15 is 0 Å². The van der Waals surface area contributed by atoms with Crippen LogP contribution in [0.15, 0.2) is 0 Å². The van der Waals surface area contributed by atoms with E-state index < -0.39 is 0 Å². The maximum absolute atomic E-state index is 11.7.